The standard InChI is InChI=1S/C25H22BN3O2S.C19H12BrN3OS.C19H10BrN3S.C12H9N3S.C6H3BrN2S/c1-24(2)25(3,4)31-26(30-24)16-11-9-15(10-12-16)22-18-13-14-20-23(29-32-28-20)21(18)17-7-5-6-8-19(17)27-22;20-13-10-8-12(9-11-13)19(24)21-16-6-2-1-4-14(16)15-5-3-7-17-18(15)23-25-22-17;20-12-7-5-11(6-8-12)18-14-9-10-16-19(23-24-22-16)17(14)13-3-1-2-4-15(13)21-18;13-10-6-2-1-4-8(10)9-5-3-7-11-12(9)15-16-14-11;7-4-2-1-3-5-6(4)9-10-8-5/h5-14H,1-4H3;1-11H,(H,21,24);1-10H;1-7H,13H2;1-3H. The second-order valence-corrected chi connectivity index (χ2v) is 31.1. The first-order valence-corrected chi connectivity index (χ1v) is 39.5. The topological polar surface area (TPSA) is 228 Å². The van der Waals surface area contributed by atoms with Gasteiger partial charge in [-0.05, 0) is 158 Å². The molecule has 0 radical (unpaired) electrons. The number of nitrogens with two attached hydrogens (primary N) is 1. The van der Waals surface area contributed by atoms with Crippen LogP contribution in [0.25, 0.3) is 143 Å². The highest BCUT2D eigenvalue weighted by atomic mass is 79.9. The zero-order valence-electron chi connectivity index (χ0n) is 57.1. The van der Waals surface area contributed by atoms with Crippen LogP contribution >= 0.6 is 106 Å². The lowest BCUT2D eigenvalue weighted by atomic mass is 9.78. The number of anilines is 2. The van der Waals surface area contributed by atoms with Gasteiger partial charge in [-0.2, -0.15) is 43.7 Å². The number of nitrogens with zero attached hydrogens (tertiary/aromatic N) is 12. The number of benzene rings is 12. The number of carbonyl (C=O) groups is 1. The molecule has 0 atom stereocenters. The molecule has 0 spiro atoms. The Balaban J connectivity index is 0.000000106. The van der Waals surface area contributed by atoms with Crippen molar-refractivity contribution in [1.82, 2.24) is 53.7 Å². The van der Waals surface area contributed by atoms with Gasteiger partial charge in [0.1, 0.15) is 55.2 Å². The number of amides is 1. The zero-order chi connectivity index (χ0) is 73.3. The summed E-state index contributed by atoms with van der Waals surface area (Å²) in [4.78, 5) is 22.5. The first kappa shape index (κ1) is 71.1. The normalized spacial score (nSPS) is 12.9. The lowest BCUT2D eigenvalue weighted by molar-refractivity contribution is 0.00578. The summed E-state index contributed by atoms with van der Waals surface area (Å²) in [5.74, 6) is -0.150. The number of nitrogens with one attached hydrogen (secondary N) is 1. The molecular weight excluding hydrogens is 1630 g/mol. The Morgan fingerprint density at radius 3 is 1.28 bits per heavy atom. The van der Waals surface area contributed by atoms with Crippen molar-refractivity contribution in [3.05, 3.63) is 268 Å². The van der Waals surface area contributed by atoms with Crippen molar-refractivity contribution in [1.29, 1.82) is 0 Å². The molecule has 7 aromatic heterocycles. The highest BCUT2D eigenvalue weighted by Gasteiger charge is 2.51. The van der Waals surface area contributed by atoms with E-state index in [9.17, 15) is 4.79 Å². The minimum absolute atomic E-state index is 0.150. The van der Waals surface area contributed by atoms with Crippen molar-refractivity contribution in [2.75, 3.05) is 11.1 Å². The van der Waals surface area contributed by atoms with Gasteiger partial charge in [-0.15, -0.1) is 0 Å². The maximum atomic E-state index is 12.6. The second kappa shape index (κ2) is 30.6. The van der Waals surface area contributed by atoms with Crippen molar-refractivity contribution < 1.29 is 14.1 Å². The van der Waals surface area contributed by atoms with E-state index >= 15 is 0 Å². The summed E-state index contributed by atoms with van der Waals surface area (Å²) in [7, 11) is -0.379. The predicted octanol–water partition coefficient (Wildman–Crippen LogP) is 21.9. The summed E-state index contributed by atoms with van der Waals surface area (Å²) in [5, 5.41) is 9.63. The minimum atomic E-state index is -0.379. The number of rotatable bonds is 7. The summed E-state index contributed by atoms with van der Waals surface area (Å²) < 4.78 is 58.8. The summed E-state index contributed by atoms with van der Waals surface area (Å²) in [6, 6.07) is 81.8. The Morgan fingerprint density at radius 1 is 0.374 bits per heavy atom. The number of para-hydroxylation sites is 4. The average molecular weight is 1680 g/mol. The van der Waals surface area contributed by atoms with Crippen LogP contribution in [0.2, 0.25) is 0 Å². The minimum Gasteiger partial charge on any atom is -0.399 e. The van der Waals surface area contributed by atoms with Crippen LogP contribution in [0.1, 0.15) is 38.1 Å². The number of halogens is 3. The molecule has 1 aliphatic rings. The summed E-state index contributed by atoms with van der Waals surface area (Å²) in [6.07, 6.45) is 0. The monoisotopic (exact) mass is 1680 g/mol. The third-order valence-electron chi connectivity index (χ3n) is 18.6. The van der Waals surface area contributed by atoms with E-state index in [2.05, 4.69) is 197 Å². The molecule has 1 aliphatic heterocycles. The fraction of sp³-hybridized carbons (Fsp3) is 0.0741. The fourth-order valence-corrected chi connectivity index (χ4v) is 16.4. The van der Waals surface area contributed by atoms with E-state index in [1.807, 2.05) is 164 Å². The van der Waals surface area contributed by atoms with Gasteiger partial charge in [-0.3, -0.25) is 4.79 Å². The van der Waals surface area contributed by atoms with E-state index in [1.165, 1.54) is 58.6 Å². The van der Waals surface area contributed by atoms with Crippen LogP contribution in [0.4, 0.5) is 11.4 Å². The van der Waals surface area contributed by atoms with Gasteiger partial charge in [0.05, 0.1) is 92.3 Å². The molecule has 8 heterocycles. The largest absolute Gasteiger partial charge is 0.494 e. The smallest absolute Gasteiger partial charge is 0.399 e. The maximum Gasteiger partial charge on any atom is 0.494 e. The molecule has 1 saturated heterocycles. The molecule has 26 heteroatoms. The van der Waals surface area contributed by atoms with Gasteiger partial charge in [0.2, 0.25) is 0 Å². The summed E-state index contributed by atoms with van der Waals surface area (Å²) in [5.41, 5.74) is 27.5. The fourth-order valence-electron chi connectivity index (χ4n) is 12.6. The van der Waals surface area contributed by atoms with Gasteiger partial charge >= 0.3 is 7.12 Å². The van der Waals surface area contributed by atoms with E-state index in [-0.39, 0.29) is 24.2 Å². The Labute approximate surface area is 659 Å². The van der Waals surface area contributed by atoms with Crippen molar-refractivity contribution in [3.8, 4) is 44.8 Å². The number of fused-ring (bicyclic) bond motifs is 13. The number of hydrogen-bond acceptors (Lipinski definition) is 21. The molecule has 19 aromatic rings. The summed E-state index contributed by atoms with van der Waals surface area (Å²) >= 11 is 16.4. The van der Waals surface area contributed by atoms with Crippen LogP contribution in [0, 0.1) is 0 Å². The van der Waals surface area contributed by atoms with Crippen molar-refractivity contribution in [2.24, 2.45) is 0 Å². The van der Waals surface area contributed by atoms with E-state index in [0.717, 1.165) is 174 Å². The molecule has 1 amide bonds. The molecule has 0 bridgehead atoms. The van der Waals surface area contributed by atoms with Crippen LogP contribution in [-0.2, 0) is 9.31 Å². The quantitative estimate of drug-likeness (QED) is 0.0859. The number of pyridine rings is 2. The molecule has 0 aliphatic carbocycles. The Morgan fingerprint density at radius 2 is 0.766 bits per heavy atom. The molecule has 522 valence electrons. The van der Waals surface area contributed by atoms with Gasteiger partial charge in [-0.1, -0.05) is 171 Å². The molecule has 107 heavy (non-hydrogen) atoms. The van der Waals surface area contributed by atoms with Crippen molar-refractivity contribution in [2.45, 2.75) is 38.9 Å². The summed E-state index contributed by atoms with van der Waals surface area (Å²) in [6.45, 7) is 8.28. The number of nitrogen functional groups attached to an aromatic ring is 1. The van der Waals surface area contributed by atoms with E-state index < -0.39 is 0 Å². The zero-order valence-corrected chi connectivity index (χ0v) is 65.9. The molecule has 17 nitrogen and oxygen atoms in total. The maximum absolute atomic E-state index is 12.6. The Hall–Kier alpha value is -10.2. The lowest BCUT2D eigenvalue weighted by Crippen LogP contribution is -2.41. The molecule has 3 N–H and O–H groups in total. The molecule has 0 saturated carbocycles. The molecule has 0 unspecified atom stereocenters. The second-order valence-electron chi connectivity index (χ2n) is 25.8. The average Bonchev–Trinajstić information content (AvgIpc) is 1.11. The van der Waals surface area contributed by atoms with Crippen molar-refractivity contribution >= 4 is 235 Å². The first-order valence-electron chi connectivity index (χ1n) is 33.5. The van der Waals surface area contributed by atoms with E-state index in [4.69, 9.17) is 25.0 Å². The van der Waals surface area contributed by atoms with Gasteiger partial charge in [0.15, 0.2) is 0 Å². The van der Waals surface area contributed by atoms with Crippen LogP contribution < -0.4 is 16.5 Å². The van der Waals surface area contributed by atoms with E-state index in [0.29, 0.717) is 5.56 Å². The Bertz CT molecular complexity index is 6510. The third kappa shape index (κ3) is 14.5. The van der Waals surface area contributed by atoms with Crippen LogP contribution in [0.15, 0.2) is 262 Å². The Kier molecular flexibility index (Phi) is 20.3. The SMILES string of the molecule is Brc1ccc(-c2nc3ccccc3c3c2ccc2nsnc23)cc1.Brc1cccc2nsnc12.CC1(C)OB(c2ccc(-c3nc4ccccc4c4c3ccc3nsnc34)cc2)OC1(C)C.Nc1ccccc1-c1cccc2nsnc12.O=C(Nc1ccccc1-c1cccc2nsnc12)c1ccc(Br)cc1. The molecule has 12 aromatic carbocycles. The van der Waals surface area contributed by atoms with Crippen LogP contribution in [-0.4, -0.2) is 77.9 Å². The first-order chi connectivity index (χ1) is 52.1. The van der Waals surface area contributed by atoms with E-state index in [1.54, 1.807) is 12.1 Å². The molecule has 1 fully saturated rings. The number of hydrogen-bond donors (Lipinski definition) is 2. The molecular formula is C81H56BBr3N14O3S5. The third-order valence-corrected chi connectivity index (χ3v) is 23.0. The van der Waals surface area contributed by atoms with Gasteiger partial charge in [-0.25, -0.2) is 9.97 Å². The lowest BCUT2D eigenvalue weighted by Gasteiger charge is -2.32. The van der Waals surface area contributed by atoms with Gasteiger partial charge in [0.25, 0.3) is 5.91 Å². The number of carbonyl (C=O) groups excluding carboxylic acids is 1. The van der Waals surface area contributed by atoms with Crippen LogP contribution in [0.5, 0.6) is 0 Å². The van der Waals surface area contributed by atoms with Crippen LogP contribution in [0.3, 0.4) is 0 Å². The predicted molar refractivity (Wildman–Crippen MR) is 452 cm³/mol. The number of aromatic nitrogens is 12. The highest BCUT2D eigenvalue weighted by Crippen LogP contribution is 2.41. The van der Waals surface area contributed by atoms with Crippen molar-refractivity contribution in [3.63, 3.8) is 0 Å². The highest BCUT2D eigenvalue weighted by molar-refractivity contribution is 9.11. The van der Waals surface area contributed by atoms with Gasteiger partial charge < -0.3 is 20.4 Å². The van der Waals surface area contributed by atoms with Gasteiger partial charge in [0, 0.05) is 96.1 Å². The molecule has 20 rings (SSSR count).